The van der Waals surface area contributed by atoms with Gasteiger partial charge in [0.2, 0.25) is 15.9 Å². The molecule has 3 atom stereocenters. The molecule has 2 aliphatic rings. The van der Waals surface area contributed by atoms with Crippen LogP contribution >= 0.6 is 0 Å². The molecule has 2 fully saturated rings. The number of hydrogen-bond acceptors (Lipinski definition) is 4. The van der Waals surface area contributed by atoms with Gasteiger partial charge >= 0.3 is 0 Å². The average molecular weight is 474 g/mol. The summed E-state index contributed by atoms with van der Waals surface area (Å²) < 4.78 is 43.6. The number of amides is 1. The molecule has 0 N–H and O–H groups in total. The zero-order chi connectivity index (χ0) is 23.8. The van der Waals surface area contributed by atoms with Crippen LogP contribution in [0.1, 0.15) is 56.0 Å². The smallest absolute Gasteiger partial charge is 0.221 e. The third kappa shape index (κ3) is 4.64. The van der Waals surface area contributed by atoms with Crippen LogP contribution < -0.4 is 4.90 Å². The number of benzene rings is 2. The van der Waals surface area contributed by atoms with Gasteiger partial charge in [0.15, 0.2) is 0 Å². The second-order valence-electron chi connectivity index (χ2n) is 9.09. The molecule has 0 bridgehead atoms. The number of hydrogen-bond donors (Lipinski definition) is 0. The molecule has 6 nitrogen and oxygen atoms in total. The molecule has 0 aromatic heterocycles. The van der Waals surface area contributed by atoms with Crippen molar-refractivity contribution in [3.63, 3.8) is 0 Å². The van der Waals surface area contributed by atoms with Crippen molar-refractivity contribution in [2.24, 2.45) is 0 Å². The Bertz CT molecular complexity index is 1110. The summed E-state index contributed by atoms with van der Waals surface area (Å²) >= 11 is 0. The second-order valence-corrected chi connectivity index (χ2v) is 11.2. The quantitative estimate of drug-likeness (QED) is 0.671. The Morgan fingerprint density at radius 1 is 1.09 bits per heavy atom. The normalized spacial score (nSPS) is 24.5. The van der Waals surface area contributed by atoms with Crippen LogP contribution in [0.4, 0.5) is 10.1 Å². The number of carbonyl (C=O) groups is 1. The van der Waals surface area contributed by atoms with Crippen LogP contribution in [-0.4, -0.2) is 55.8 Å². The first-order valence-corrected chi connectivity index (χ1v) is 13.1. The molecule has 8 heteroatoms. The van der Waals surface area contributed by atoms with Gasteiger partial charge in [-0.25, -0.2) is 12.8 Å². The number of halogens is 1. The molecule has 0 spiro atoms. The van der Waals surface area contributed by atoms with E-state index in [4.69, 9.17) is 0 Å². The maximum Gasteiger partial charge on any atom is 0.221 e. The maximum atomic E-state index is 15.3. The number of nitrogens with zero attached hydrogens (tertiary/aromatic N) is 3. The molecular formula is C25H32FN3O3S. The van der Waals surface area contributed by atoms with E-state index in [9.17, 15) is 13.2 Å². The third-order valence-electron chi connectivity index (χ3n) is 6.97. The van der Waals surface area contributed by atoms with Crippen LogP contribution in [-0.2, 0) is 14.8 Å². The molecule has 33 heavy (non-hydrogen) atoms. The van der Waals surface area contributed by atoms with Crippen LogP contribution in [0.15, 0.2) is 48.5 Å². The van der Waals surface area contributed by atoms with Gasteiger partial charge in [-0.15, -0.1) is 0 Å². The Hall–Kier alpha value is -2.45. The van der Waals surface area contributed by atoms with Gasteiger partial charge < -0.3 is 9.80 Å². The fourth-order valence-electron chi connectivity index (χ4n) is 5.16. The molecular weight excluding hydrogens is 441 g/mol. The lowest BCUT2D eigenvalue weighted by Gasteiger charge is -2.41. The Morgan fingerprint density at radius 3 is 2.45 bits per heavy atom. The molecule has 2 aliphatic heterocycles. The van der Waals surface area contributed by atoms with Crippen molar-refractivity contribution in [1.29, 1.82) is 0 Å². The van der Waals surface area contributed by atoms with Crippen LogP contribution in [0, 0.1) is 5.82 Å². The van der Waals surface area contributed by atoms with Crippen LogP contribution in [0.5, 0.6) is 0 Å². The average Bonchev–Trinajstić information content (AvgIpc) is 2.78. The van der Waals surface area contributed by atoms with Gasteiger partial charge in [0.05, 0.1) is 0 Å². The lowest BCUT2D eigenvalue weighted by atomic mass is 10.0. The number of sulfonamides is 1. The van der Waals surface area contributed by atoms with Gasteiger partial charge in [-0.05, 0) is 44.4 Å². The summed E-state index contributed by atoms with van der Waals surface area (Å²) in [7, 11) is -3.61. The fourth-order valence-corrected chi connectivity index (χ4v) is 7.39. The van der Waals surface area contributed by atoms with E-state index in [1.165, 1.54) is 10.4 Å². The highest BCUT2D eigenvalue weighted by Gasteiger charge is 2.40. The summed E-state index contributed by atoms with van der Waals surface area (Å²) in [5.74, 6) is -0.354. The monoisotopic (exact) mass is 473 g/mol. The van der Waals surface area contributed by atoms with E-state index in [-0.39, 0.29) is 11.9 Å². The van der Waals surface area contributed by atoms with E-state index in [1.807, 2.05) is 48.2 Å². The molecule has 0 aliphatic carbocycles. The zero-order valence-corrected chi connectivity index (χ0v) is 20.3. The van der Waals surface area contributed by atoms with Crippen molar-refractivity contribution in [1.82, 2.24) is 9.21 Å². The Labute approximate surface area is 196 Å². The zero-order valence-electron chi connectivity index (χ0n) is 19.4. The molecule has 4 rings (SSSR count). The number of piperazine rings is 1. The summed E-state index contributed by atoms with van der Waals surface area (Å²) in [4.78, 5) is 15.6. The first-order chi connectivity index (χ1) is 15.7. The number of rotatable bonds is 4. The molecule has 0 radical (unpaired) electrons. The molecule has 0 saturated carbocycles. The minimum Gasteiger partial charge on any atom is -0.368 e. The Morgan fingerprint density at radius 2 is 1.82 bits per heavy atom. The van der Waals surface area contributed by atoms with Gasteiger partial charge in [-0.1, -0.05) is 36.4 Å². The molecule has 1 amide bonds. The van der Waals surface area contributed by atoms with Crippen LogP contribution in [0.2, 0.25) is 0 Å². The molecule has 2 aromatic rings. The van der Waals surface area contributed by atoms with Crippen molar-refractivity contribution in [3.8, 4) is 0 Å². The van der Waals surface area contributed by atoms with Gasteiger partial charge in [0, 0.05) is 56.4 Å². The van der Waals surface area contributed by atoms with Crippen molar-refractivity contribution in [3.05, 3.63) is 65.5 Å². The molecule has 3 unspecified atom stereocenters. The van der Waals surface area contributed by atoms with E-state index < -0.39 is 27.1 Å². The Kier molecular flexibility index (Phi) is 6.77. The highest BCUT2D eigenvalue weighted by molar-refractivity contribution is 7.89. The molecule has 2 heterocycles. The summed E-state index contributed by atoms with van der Waals surface area (Å²) in [6.07, 6.45) is 1.31. The summed E-state index contributed by atoms with van der Waals surface area (Å²) in [5, 5.41) is -0.601. The minimum atomic E-state index is -3.61. The fraction of sp³-hybridized carbons (Fsp3) is 0.480. The van der Waals surface area contributed by atoms with E-state index in [1.54, 1.807) is 19.9 Å². The SMILES string of the molecule is CC(=O)N1CCN(c2ccc(C(C)N3CCCC(c4ccccc4)S3(=O)=O)c(F)c2)CC1C. The van der Waals surface area contributed by atoms with E-state index in [0.717, 1.165) is 17.7 Å². The Balaban J connectivity index is 1.54. The van der Waals surface area contributed by atoms with Gasteiger partial charge in [0.25, 0.3) is 0 Å². The highest BCUT2D eigenvalue weighted by Crippen LogP contribution is 2.39. The predicted octanol–water partition coefficient (Wildman–Crippen LogP) is 4.11. The van der Waals surface area contributed by atoms with Crippen LogP contribution in [0.3, 0.4) is 0 Å². The van der Waals surface area contributed by atoms with Gasteiger partial charge in [-0.2, -0.15) is 4.31 Å². The minimum absolute atomic E-state index is 0.0475. The van der Waals surface area contributed by atoms with E-state index >= 15 is 4.39 Å². The maximum absolute atomic E-state index is 15.3. The van der Waals surface area contributed by atoms with Crippen molar-refractivity contribution >= 4 is 21.6 Å². The highest BCUT2D eigenvalue weighted by atomic mass is 32.2. The largest absolute Gasteiger partial charge is 0.368 e. The lowest BCUT2D eigenvalue weighted by molar-refractivity contribution is -0.131. The molecule has 178 valence electrons. The first-order valence-electron chi connectivity index (χ1n) is 11.6. The van der Waals surface area contributed by atoms with E-state index in [0.29, 0.717) is 38.2 Å². The molecule has 2 saturated heterocycles. The summed E-state index contributed by atoms with van der Waals surface area (Å²) in [5.41, 5.74) is 1.91. The predicted molar refractivity (Wildman–Crippen MR) is 128 cm³/mol. The number of anilines is 1. The summed E-state index contributed by atoms with van der Waals surface area (Å²) in [6, 6.07) is 13.8. The lowest BCUT2D eigenvalue weighted by Crippen LogP contribution is -2.53. The number of carbonyl (C=O) groups excluding carboxylic acids is 1. The molecule has 2 aromatic carbocycles. The van der Waals surface area contributed by atoms with Crippen molar-refractivity contribution in [2.45, 2.75) is 50.9 Å². The topological polar surface area (TPSA) is 60.9 Å². The van der Waals surface area contributed by atoms with Crippen LogP contribution in [0.25, 0.3) is 0 Å². The second kappa shape index (κ2) is 9.43. The first kappa shape index (κ1) is 23.7. The van der Waals surface area contributed by atoms with E-state index in [2.05, 4.69) is 4.90 Å². The summed E-state index contributed by atoms with van der Waals surface area (Å²) in [6.45, 7) is 7.58. The van der Waals surface area contributed by atoms with Gasteiger partial charge in [-0.3, -0.25) is 4.79 Å². The standard InChI is InChI=1S/C25H32FN3O3S/c1-18-17-27(14-15-28(18)20(3)30)22-11-12-23(24(26)16-22)19(2)29-13-7-10-25(33(29,31)32)21-8-5-4-6-9-21/h4-6,8-9,11-12,16,18-19,25H,7,10,13-15,17H2,1-3H3. The van der Waals surface area contributed by atoms with Crippen molar-refractivity contribution < 1.29 is 17.6 Å². The van der Waals surface area contributed by atoms with Crippen molar-refractivity contribution in [2.75, 3.05) is 31.1 Å². The third-order valence-corrected chi connectivity index (χ3v) is 9.35. The van der Waals surface area contributed by atoms with Gasteiger partial charge in [0.1, 0.15) is 11.1 Å².